The van der Waals surface area contributed by atoms with Gasteiger partial charge in [0.1, 0.15) is 5.84 Å². The van der Waals surface area contributed by atoms with E-state index in [9.17, 15) is 0 Å². The summed E-state index contributed by atoms with van der Waals surface area (Å²) in [6.07, 6.45) is 2.81. The molecule has 0 saturated heterocycles. The molecule has 4 nitrogen and oxygen atoms in total. The molecular weight excluding hydrogens is 609 g/mol. The second-order valence-electron chi connectivity index (χ2n) is 15.1. The second-order valence-corrected chi connectivity index (χ2v) is 15.1. The summed E-state index contributed by atoms with van der Waals surface area (Å²) in [5.41, 5.74) is 16.3. The Balaban J connectivity index is 1.29. The Morgan fingerprint density at radius 3 is 2.14 bits per heavy atom. The Labute approximate surface area is 294 Å². The monoisotopic (exact) mass is 650 g/mol. The first kappa shape index (κ1) is 30.6. The first-order valence-corrected chi connectivity index (χ1v) is 17.7. The standard InChI is InChI=1S/C46H42N4/c1-28-18-19-47-40(24-28)33-16-17-38-37-13-9-11-15-41(37)49(42(38)26-33)36-23-30(3)22-35(25-36)44-48-45(6)27-34-12-8-10-14-39(34)46(45,7)50(44)43-31(4)20-29(2)21-32(43)5/h8-26H,27H2,1-7H3/t45-,46+/m1/s1. The number of hydrogen-bond donors (Lipinski definition) is 0. The molecule has 0 N–H and O–H groups in total. The van der Waals surface area contributed by atoms with Gasteiger partial charge in [-0.3, -0.25) is 9.98 Å². The summed E-state index contributed by atoms with van der Waals surface area (Å²) in [4.78, 5) is 13.1. The van der Waals surface area contributed by atoms with Crippen LogP contribution in [0.2, 0.25) is 0 Å². The zero-order chi connectivity index (χ0) is 34.5. The molecule has 0 fully saturated rings. The number of nitrogens with zero attached hydrogens (tertiary/aromatic N) is 4. The maximum Gasteiger partial charge on any atom is 0.137 e. The minimum absolute atomic E-state index is 0.331. The van der Waals surface area contributed by atoms with Crippen LogP contribution in [0, 0.1) is 34.6 Å². The molecule has 1 aliphatic heterocycles. The molecule has 5 aromatic carbocycles. The lowest BCUT2D eigenvalue weighted by molar-refractivity contribution is 0.321. The highest BCUT2D eigenvalue weighted by atomic mass is 15.4. The van der Waals surface area contributed by atoms with Gasteiger partial charge in [0.2, 0.25) is 0 Å². The lowest BCUT2D eigenvalue weighted by atomic mass is 9.79. The molecule has 0 spiro atoms. The number of aryl methyl sites for hydroxylation is 5. The Morgan fingerprint density at radius 2 is 1.34 bits per heavy atom. The Bertz CT molecular complexity index is 2550. The fourth-order valence-corrected chi connectivity index (χ4v) is 9.16. The third-order valence-electron chi connectivity index (χ3n) is 11.5. The number of aliphatic imine (C=N–C) groups is 1. The van der Waals surface area contributed by atoms with Crippen molar-refractivity contribution in [3.63, 3.8) is 0 Å². The summed E-state index contributed by atoms with van der Waals surface area (Å²) >= 11 is 0. The molecule has 2 aromatic heterocycles. The average molecular weight is 651 g/mol. The third kappa shape index (κ3) is 4.30. The van der Waals surface area contributed by atoms with Crippen molar-refractivity contribution in [3.05, 3.63) is 160 Å². The van der Waals surface area contributed by atoms with Crippen LogP contribution in [0.4, 0.5) is 5.69 Å². The van der Waals surface area contributed by atoms with Gasteiger partial charge < -0.3 is 9.47 Å². The van der Waals surface area contributed by atoms with Crippen LogP contribution in [0.25, 0.3) is 38.8 Å². The largest absolute Gasteiger partial charge is 0.313 e. The quantitative estimate of drug-likeness (QED) is 0.190. The molecule has 4 heteroatoms. The van der Waals surface area contributed by atoms with Gasteiger partial charge in [0.25, 0.3) is 0 Å². The van der Waals surface area contributed by atoms with Crippen molar-refractivity contribution in [2.45, 2.75) is 66.0 Å². The second kappa shape index (κ2) is 10.8. The molecule has 0 bridgehead atoms. The molecule has 1 aliphatic carbocycles. The average Bonchev–Trinajstić information content (AvgIpc) is 3.62. The highest BCUT2D eigenvalue weighted by Gasteiger charge is 2.61. The lowest BCUT2D eigenvalue weighted by Gasteiger charge is -2.43. The predicted molar refractivity (Wildman–Crippen MR) is 209 cm³/mol. The van der Waals surface area contributed by atoms with Gasteiger partial charge in [0.05, 0.1) is 27.8 Å². The molecule has 3 heterocycles. The summed E-state index contributed by atoms with van der Waals surface area (Å²) in [7, 11) is 0. The van der Waals surface area contributed by atoms with Gasteiger partial charge in [0, 0.05) is 45.9 Å². The molecule has 7 aromatic rings. The van der Waals surface area contributed by atoms with Crippen LogP contribution in [-0.4, -0.2) is 20.9 Å². The number of hydrogen-bond acceptors (Lipinski definition) is 3. The van der Waals surface area contributed by atoms with Crippen LogP contribution in [0.1, 0.15) is 58.4 Å². The maximum atomic E-state index is 5.78. The van der Waals surface area contributed by atoms with E-state index in [0.717, 1.165) is 34.8 Å². The van der Waals surface area contributed by atoms with Crippen LogP contribution < -0.4 is 4.90 Å². The molecule has 50 heavy (non-hydrogen) atoms. The number of para-hydroxylation sites is 1. The fourth-order valence-electron chi connectivity index (χ4n) is 9.16. The number of benzene rings is 5. The van der Waals surface area contributed by atoms with E-state index >= 15 is 0 Å². The zero-order valence-electron chi connectivity index (χ0n) is 30.0. The highest BCUT2D eigenvalue weighted by molar-refractivity contribution is 6.15. The van der Waals surface area contributed by atoms with E-state index in [4.69, 9.17) is 9.98 Å². The molecular formula is C46H42N4. The number of rotatable bonds is 4. The molecule has 0 amide bonds. The summed E-state index contributed by atoms with van der Waals surface area (Å²) < 4.78 is 2.43. The van der Waals surface area contributed by atoms with Crippen LogP contribution in [0.15, 0.2) is 120 Å². The van der Waals surface area contributed by atoms with E-state index in [0.29, 0.717) is 0 Å². The van der Waals surface area contributed by atoms with Crippen molar-refractivity contribution in [1.29, 1.82) is 0 Å². The first-order valence-electron chi connectivity index (χ1n) is 17.7. The molecule has 2 atom stereocenters. The SMILES string of the molecule is Cc1cc(C2=N[C@]3(C)Cc4ccccc4[C@]3(C)N2c2c(C)cc(C)cc2C)cc(-n2c3ccccc3c3ccc(-c4cc(C)ccn4)cc32)c1. The van der Waals surface area contributed by atoms with Crippen molar-refractivity contribution in [2.75, 3.05) is 4.90 Å². The molecule has 9 rings (SSSR count). The summed E-state index contributed by atoms with van der Waals surface area (Å²) in [5, 5.41) is 2.48. The Hall–Kier alpha value is -5.48. The minimum atomic E-state index is -0.351. The zero-order valence-corrected chi connectivity index (χ0v) is 30.0. The van der Waals surface area contributed by atoms with Crippen LogP contribution >= 0.6 is 0 Å². The number of pyridine rings is 1. The summed E-state index contributed by atoms with van der Waals surface area (Å²) in [6.45, 7) is 15.8. The molecule has 0 saturated carbocycles. The molecule has 2 aliphatic rings. The van der Waals surface area contributed by atoms with E-state index in [1.807, 2.05) is 6.20 Å². The van der Waals surface area contributed by atoms with Crippen molar-refractivity contribution in [1.82, 2.24) is 9.55 Å². The van der Waals surface area contributed by atoms with E-state index in [2.05, 4.69) is 167 Å². The van der Waals surface area contributed by atoms with E-state index < -0.39 is 0 Å². The van der Waals surface area contributed by atoms with Gasteiger partial charge in [-0.15, -0.1) is 0 Å². The first-order chi connectivity index (χ1) is 24.1. The summed E-state index contributed by atoms with van der Waals surface area (Å²) in [6, 6.07) is 40.4. The van der Waals surface area contributed by atoms with Gasteiger partial charge in [-0.2, -0.15) is 0 Å². The maximum absolute atomic E-state index is 5.78. The number of amidine groups is 1. The van der Waals surface area contributed by atoms with Crippen molar-refractivity contribution < 1.29 is 0 Å². The molecule has 0 unspecified atom stereocenters. The van der Waals surface area contributed by atoms with Gasteiger partial charge >= 0.3 is 0 Å². The van der Waals surface area contributed by atoms with Crippen LogP contribution in [0.5, 0.6) is 0 Å². The Morgan fingerprint density at radius 1 is 0.620 bits per heavy atom. The molecule has 246 valence electrons. The van der Waals surface area contributed by atoms with Gasteiger partial charge in [-0.05, 0) is 124 Å². The Kier molecular flexibility index (Phi) is 6.58. The van der Waals surface area contributed by atoms with Crippen molar-refractivity contribution >= 4 is 33.3 Å². The smallest absolute Gasteiger partial charge is 0.137 e. The fraction of sp³-hybridized carbons (Fsp3) is 0.217. The van der Waals surface area contributed by atoms with Gasteiger partial charge in [0.15, 0.2) is 0 Å². The lowest BCUT2D eigenvalue weighted by Crippen LogP contribution is -2.52. The third-order valence-corrected chi connectivity index (χ3v) is 11.5. The number of anilines is 1. The highest BCUT2D eigenvalue weighted by Crippen LogP contribution is 2.57. The van der Waals surface area contributed by atoms with E-state index in [1.165, 1.54) is 66.4 Å². The van der Waals surface area contributed by atoms with E-state index in [-0.39, 0.29) is 11.1 Å². The van der Waals surface area contributed by atoms with Crippen molar-refractivity contribution in [2.24, 2.45) is 4.99 Å². The topological polar surface area (TPSA) is 33.4 Å². The number of fused-ring (bicyclic) bond motifs is 6. The van der Waals surface area contributed by atoms with Crippen molar-refractivity contribution in [3.8, 4) is 16.9 Å². The van der Waals surface area contributed by atoms with Gasteiger partial charge in [-0.1, -0.05) is 72.3 Å². The van der Waals surface area contributed by atoms with Gasteiger partial charge in [-0.25, -0.2) is 0 Å². The van der Waals surface area contributed by atoms with E-state index in [1.54, 1.807) is 0 Å². The van der Waals surface area contributed by atoms with Crippen LogP contribution in [0.3, 0.4) is 0 Å². The predicted octanol–water partition coefficient (Wildman–Crippen LogP) is 10.9. The summed E-state index contributed by atoms with van der Waals surface area (Å²) in [5.74, 6) is 1.04. The van der Waals surface area contributed by atoms with Crippen LogP contribution in [-0.2, 0) is 12.0 Å². The minimum Gasteiger partial charge on any atom is -0.313 e. The molecule has 0 radical (unpaired) electrons. The number of aromatic nitrogens is 2. The normalized spacial score (nSPS) is 19.7.